The zero-order valence-corrected chi connectivity index (χ0v) is 20.0. The predicted octanol–water partition coefficient (Wildman–Crippen LogP) is 7.32. The summed E-state index contributed by atoms with van der Waals surface area (Å²) in [5.41, 5.74) is 3.15. The zero-order chi connectivity index (χ0) is 21.9. The van der Waals surface area contributed by atoms with Crippen LogP contribution < -0.4 is 10.6 Å². The van der Waals surface area contributed by atoms with Gasteiger partial charge in [0.25, 0.3) is 5.91 Å². The monoisotopic (exact) mass is 474 g/mol. The van der Waals surface area contributed by atoms with Crippen LogP contribution in [0.5, 0.6) is 0 Å². The molecule has 0 radical (unpaired) electrons. The average Bonchev–Trinajstić information content (AvgIpc) is 3.33. The molecule has 2 N–H and O–H groups in total. The lowest BCUT2D eigenvalue weighted by molar-refractivity contribution is 0.0930. The van der Waals surface area contributed by atoms with E-state index in [9.17, 15) is 4.79 Å². The minimum Gasteiger partial charge on any atom is -0.457 e. The van der Waals surface area contributed by atoms with Crippen molar-refractivity contribution in [3.05, 3.63) is 62.1 Å². The van der Waals surface area contributed by atoms with E-state index in [1.54, 1.807) is 23.5 Å². The second kappa shape index (κ2) is 7.58. The Morgan fingerprint density at radius 3 is 2.65 bits per heavy atom. The van der Waals surface area contributed by atoms with Crippen LogP contribution in [-0.4, -0.2) is 5.91 Å². The van der Waals surface area contributed by atoms with Crippen LogP contribution >= 0.6 is 34.5 Å². The largest absolute Gasteiger partial charge is 0.457 e. The minimum atomic E-state index is -0.407. The third-order valence-corrected chi connectivity index (χ3v) is 8.31. The van der Waals surface area contributed by atoms with Crippen LogP contribution in [0.3, 0.4) is 0 Å². The van der Waals surface area contributed by atoms with Crippen molar-refractivity contribution in [2.45, 2.75) is 46.2 Å². The smallest absolute Gasteiger partial charge is 0.256 e. The number of halogens is 2. The molecule has 2 atom stereocenters. The van der Waals surface area contributed by atoms with Gasteiger partial charge in [0.15, 0.2) is 6.17 Å². The van der Waals surface area contributed by atoms with Crippen LogP contribution in [-0.2, 0) is 12.8 Å². The van der Waals surface area contributed by atoms with E-state index in [0.717, 1.165) is 35.4 Å². The molecule has 31 heavy (non-hydrogen) atoms. The predicted molar refractivity (Wildman–Crippen MR) is 127 cm³/mol. The molecular weight excluding hydrogens is 451 g/mol. The highest BCUT2D eigenvalue weighted by molar-refractivity contribution is 7.16. The highest BCUT2D eigenvalue weighted by Gasteiger charge is 2.37. The zero-order valence-electron chi connectivity index (χ0n) is 17.6. The standard InChI is InChI=1S/C24H24Cl2N2O2S/c1-24(2,3)13-5-6-14-19(11-13)31-23-20(14)22(29)27-21(28-23)18-9-8-17(30-18)12-4-7-15(25)16(26)10-12/h4,7-10,13,21,28H,5-6,11H2,1-3H3,(H,27,29). The number of rotatable bonds is 2. The van der Waals surface area contributed by atoms with Crippen LogP contribution in [0.2, 0.25) is 10.0 Å². The Kier molecular flexibility index (Phi) is 5.11. The van der Waals surface area contributed by atoms with E-state index in [1.165, 1.54) is 10.4 Å². The van der Waals surface area contributed by atoms with Gasteiger partial charge in [-0.2, -0.15) is 0 Å². The number of fused-ring (bicyclic) bond motifs is 3. The fourth-order valence-electron chi connectivity index (χ4n) is 4.49. The topological polar surface area (TPSA) is 54.3 Å². The van der Waals surface area contributed by atoms with Crippen molar-refractivity contribution >= 4 is 45.4 Å². The third kappa shape index (κ3) is 3.77. The van der Waals surface area contributed by atoms with Crippen molar-refractivity contribution < 1.29 is 9.21 Å². The molecule has 5 rings (SSSR count). The molecular formula is C24H24Cl2N2O2S. The van der Waals surface area contributed by atoms with Gasteiger partial charge in [-0.15, -0.1) is 11.3 Å². The quantitative estimate of drug-likeness (QED) is 0.408. The average molecular weight is 475 g/mol. The van der Waals surface area contributed by atoms with E-state index in [2.05, 4.69) is 31.4 Å². The number of amides is 1. The molecule has 0 saturated heterocycles. The molecule has 1 amide bonds. The van der Waals surface area contributed by atoms with Gasteiger partial charge in [0.1, 0.15) is 16.5 Å². The summed E-state index contributed by atoms with van der Waals surface area (Å²) in [5.74, 6) is 1.93. The van der Waals surface area contributed by atoms with Gasteiger partial charge in [0.05, 0.1) is 15.6 Å². The number of thiophene rings is 1. The van der Waals surface area contributed by atoms with Crippen LogP contribution in [0.4, 0.5) is 5.00 Å². The first-order valence-electron chi connectivity index (χ1n) is 10.5. The molecule has 0 bridgehead atoms. The van der Waals surface area contributed by atoms with Gasteiger partial charge in [-0.25, -0.2) is 0 Å². The number of benzene rings is 1. The molecule has 4 nitrogen and oxygen atoms in total. The number of carbonyl (C=O) groups is 1. The van der Waals surface area contributed by atoms with Gasteiger partial charge in [0, 0.05) is 10.4 Å². The first-order chi connectivity index (χ1) is 14.7. The molecule has 2 aliphatic rings. The summed E-state index contributed by atoms with van der Waals surface area (Å²) in [6.07, 6.45) is 2.72. The molecule has 0 spiro atoms. The third-order valence-electron chi connectivity index (χ3n) is 6.38. The second-order valence-corrected chi connectivity index (χ2v) is 11.3. The maximum atomic E-state index is 13.0. The number of nitrogens with one attached hydrogen (secondary N) is 2. The normalized spacial score (nSPS) is 20.6. The van der Waals surface area contributed by atoms with Crippen molar-refractivity contribution in [2.75, 3.05) is 5.32 Å². The Hall–Kier alpha value is -1.95. The summed E-state index contributed by atoms with van der Waals surface area (Å²) in [6, 6.07) is 9.14. The summed E-state index contributed by atoms with van der Waals surface area (Å²) in [7, 11) is 0. The maximum absolute atomic E-state index is 13.0. The van der Waals surface area contributed by atoms with Gasteiger partial charge in [-0.3, -0.25) is 4.79 Å². The highest BCUT2D eigenvalue weighted by Crippen LogP contribution is 2.46. The summed E-state index contributed by atoms with van der Waals surface area (Å²) < 4.78 is 6.06. The summed E-state index contributed by atoms with van der Waals surface area (Å²) in [6.45, 7) is 6.92. The van der Waals surface area contributed by atoms with Crippen molar-refractivity contribution in [3.8, 4) is 11.3 Å². The van der Waals surface area contributed by atoms with E-state index in [-0.39, 0.29) is 11.3 Å². The first kappa shape index (κ1) is 20.9. The Labute approximate surface area is 195 Å². The maximum Gasteiger partial charge on any atom is 0.256 e. The summed E-state index contributed by atoms with van der Waals surface area (Å²) >= 11 is 13.9. The lowest BCUT2D eigenvalue weighted by Gasteiger charge is -2.34. The molecule has 2 unspecified atom stereocenters. The Morgan fingerprint density at radius 2 is 1.90 bits per heavy atom. The lowest BCUT2D eigenvalue weighted by Crippen LogP contribution is -2.38. The van der Waals surface area contributed by atoms with Crippen molar-refractivity contribution in [3.63, 3.8) is 0 Å². The van der Waals surface area contributed by atoms with E-state index >= 15 is 0 Å². The number of anilines is 1. The fourth-order valence-corrected chi connectivity index (χ4v) is 6.14. The molecule has 1 aliphatic carbocycles. The lowest BCUT2D eigenvalue weighted by atomic mass is 9.72. The van der Waals surface area contributed by atoms with Crippen molar-refractivity contribution in [2.24, 2.45) is 11.3 Å². The number of furan rings is 1. The minimum absolute atomic E-state index is 0.0297. The van der Waals surface area contributed by atoms with E-state index in [1.807, 2.05) is 18.2 Å². The fraction of sp³-hybridized carbons (Fsp3) is 0.375. The second-order valence-electron chi connectivity index (χ2n) is 9.40. The van der Waals surface area contributed by atoms with E-state index < -0.39 is 6.17 Å². The van der Waals surface area contributed by atoms with E-state index in [4.69, 9.17) is 27.6 Å². The highest BCUT2D eigenvalue weighted by atomic mass is 35.5. The summed E-state index contributed by atoms with van der Waals surface area (Å²) in [5, 5.41) is 8.47. The molecule has 1 aromatic carbocycles. The molecule has 0 fully saturated rings. The van der Waals surface area contributed by atoms with Gasteiger partial charge < -0.3 is 15.1 Å². The van der Waals surface area contributed by atoms with E-state index in [0.29, 0.717) is 27.5 Å². The number of hydrogen-bond acceptors (Lipinski definition) is 4. The van der Waals surface area contributed by atoms with Crippen LogP contribution in [0, 0.1) is 11.3 Å². The Balaban J connectivity index is 1.41. The molecule has 1 aliphatic heterocycles. The molecule has 3 heterocycles. The molecule has 0 saturated carbocycles. The van der Waals surface area contributed by atoms with Crippen molar-refractivity contribution in [1.29, 1.82) is 0 Å². The SMILES string of the molecule is CC(C)(C)C1CCc2c(sc3c2C(=O)NC(c2ccc(-c4ccc(Cl)c(Cl)c4)o2)N3)C1. The van der Waals surface area contributed by atoms with Crippen molar-refractivity contribution in [1.82, 2.24) is 5.32 Å². The Morgan fingerprint density at radius 1 is 1.10 bits per heavy atom. The number of hydrogen-bond donors (Lipinski definition) is 2. The van der Waals surface area contributed by atoms with Crippen LogP contribution in [0.15, 0.2) is 34.7 Å². The van der Waals surface area contributed by atoms with Crippen LogP contribution in [0.25, 0.3) is 11.3 Å². The van der Waals surface area contributed by atoms with Gasteiger partial charge in [0.2, 0.25) is 0 Å². The van der Waals surface area contributed by atoms with Gasteiger partial charge in [-0.05, 0) is 66.5 Å². The van der Waals surface area contributed by atoms with Crippen LogP contribution in [0.1, 0.15) is 59.9 Å². The summed E-state index contributed by atoms with van der Waals surface area (Å²) in [4.78, 5) is 14.4. The number of carbonyl (C=O) groups excluding carboxylic acids is 1. The molecule has 7 heteroatoms. The van der Waals surface area contributed by atoms with Gasteiger partial charge >= 0.3 is 0 Å². The molecule has 3 aromatic rings. The molecule has 2 aromatic heterocycles. The van der Waals surface area contributed by atoms with Gasteiger partial charge in [-0.1, -0.05) is 44.0 Å². The Bertz CT molecular complexity index is 1170. The molecule has 162 valence electrons. The first-order valence-corrected chi connectivity index (χ1v) is 12.0.